The van der Waals surface area contributed by atoms with Gasteiger partial charge in [0.05, 0.1) is 11.9 Å². The molecule has 9 heteroatoms. The van der Waals surface area contributed by atoms with Crippen molar-refractivity contribution in [3.05, 3.63) is 41.7 Å². The molecule has 0 radical (unpaired) electrons. The Morgan fingerprint density at radius 3 is 2.89 bits per heavy atom. The van der Waals surface area contributed by atoms with Gasteiger partial charge < -0.3 is 16.0 Å². The van der Waals surface area contributed by atoms with Gasteiger partial charge in [-0.2, -0.15) is 0 Å². The lowest BCUT2D eigenvalue weighted by molar-refractivity contribution is -0.121. The molecule has 1 atom stereocenters. The van der Waals surface area contributed by atoms with Crippen LogP contribution < -0.4 is 11.1 Å². The first-order valence-corrected chi connectivity index (χ1v) is 9.35. The maximum Gasteiger partial charge on any atom is 0.276 e. The van der Waals surface area contributed by atoms with E-state index < -0.39 is 0 Å². The Balaban J connectivity index is 0.00000280. The molecule has 0 spiro atoms. The van der Waals surface area contributed by atoms with Crippen LogP contribution in [0.2, 0.25) is 0 Å². The third-order valence-electron chi connectivity index (χ3n) is 4.77. The summed E-state index contributed by atoms with van der Waals surface area (Å²) in [7, 11) is 0. The second-order valence-electron chi connectivity index (χ2n) is 6.88. The van der Waals surface area contributed by atoms with Crippen molar-refractivity contribution < 1.29 is 9.59 Å². The minimum absolute atomic E-state index is 0. The Hall–Kier alpha value is -2.45. The average Bonchev–Trinajstić information content (AvgIpc) is 3.16. The lowest BCUT2D eigenvalue weighted by atomic mass is 10.0. The molecule has 0 aliphatic carbocycles. The number of carbonyl (C=O) groups excluding carboxylic acids is 2. The smallest absolute Gasteiger partial charge is 0.276 e. The Morgan fingerprint density at radius 2 is 2.14 bits per heavy atom. The van der Waals surface area contributed by atoms with E-state index in [2.05, 4.69) is 15.6 Å². The van der Waals surface area contributed by atoms with E-state index in [-0.39, 0.29) is 30.3 Å². The summed E-state index contributed by atoms with van der Waals surface area (Å²) >= 11 is 0. The number of aromatic nitrogens is 3. The molecule has 1 aliphatic rings. The van der Waals surface area contributed by atoms with Gasteiger partial charge in [0, 0.05) is 32.1 Å². The van der Waals surface area contributed by atoms with Crippen LogP contribution in [0.15, 0.2) is 30.5 Å². The van der Waals surface area contributed by atoms with Crippen LogP contribution in [-0.4, -0.2) is 57.4 Å². The number of rotatable bonds is 6. The lowest BCUT2D eigenvalue weighted by Crippen LogP contribution is -2.49. The standard InChI is InChI=1S/C19H26N6O2.ClH/c1-14-5-4-7-15(11-14)25-13-17(22-23-25)19(27)24-10-3-2-6-16(24)12-21-18(26)8-9-20;/h4-5,7,11,13,16H,2-3,6,8-10,12,20H2,1H3,(H,21,26);1H. The van der Waals surface area contributed by atoms with Crippen molar-refractivity contribution in [1.82, 2.24) is 25.2 Å². The molecule has 3 rings (SSSR count). The van der Waals surface area contributed by atoms with Gasteiger partial charge in [0.15, 0.2) is 5.69 Å². The molecular formula is C19H27ClN6O2. The van der Waals surface area contributed by atoms with Crippen LogP contribution in [-0.2, 0) is 4.79 Å². The van der Waals surface area contributed by atoms with E-state index in [9.17, 15) is 9.59 Å². The van der Waals surface area contributed by atoms with E-state index >= 15 is 0 Å². The average molecular weight is 407 g/mol. The van der Waals surface area contributed by atoms with Gasteiger partial charge in [-0.05, 0) is 43.9 Å². The molecule has 2 amide bonds. The van der Waals surface area contributed by atoms with Crippen molar-refractivity contribution in [3.8, 4) is 5.69 Å². The Morgan fingerprint density at radius 1 is 1.32 bits per heavy atom. The lowest BCUT2D eigenvalue weighted by Gasteiger charge is -2.35. The molecule has 28 heavy (non-hydrogen) atoms. The third-order valence-corrected chi connectivity index (χ3v) is 4.77. The Kier molecular flexibility index (Phi) is 7.95. The monoisotopic (exact) mass is 406 g/mol. The molecular weight excluding hydrogens is 380 g/mol. The van der Waals surface area contributed by atoms with Crippen LogP contribution in [0.3, 0.4) is 0 Å². The molecule has 1 aromatic carbocycles. The third kappa shape index (κ3) is 5.30. The van der Waals surface area contributed by atoms with Gasteiger partial charge in [0.2, 0.25) is 5.91 Å². The fourth-order valence-corrected chi connectivity index (χ4v) is 3.34. The summed E-state index contributed by atoms with van der Waals surface area (Å²) < 4.78 is 1.61. The fourth-order valence-electron chi connectivity index (χ4n) is 3.34. The minimum atomic E-state index is -0.147. The maximum atomic E-state index is 13.0. The molecule has 3 N–H and O–H groups in total. The zero-order valence-electron chi connectivity index (χ0n) is 16.0. The predicted molar refractivity (Wildman–Crippen MR) is 109 cm³/mol. The number of likely N-dealkylation sites (tertiary alicyclic amines) is 1. The number of hydrogen-bond acceptors (Lipinski definition) is 5. The zero-order chi connectivity index (χ0) is 19.2. The van der Waals surface area contributed by atoms with E-state index in [0.717, 1.165) is 30.5 Å². The van der Waals surface area contributed by atoms with Crippen LogP contribution in [0.4, 0.5) is 0 Å². The molecule has 2 aromatic rings. The molecule has 2 heterocycles. The van der Waals surface area contributed by atoms with Crippen molar-refractivity contribution >= 4 is 24.2 Å². The number of nitrogens with two attached hydrogens (primary N) is 1. The molecule has 152 valence electrons. The van der Waals surface area contributed by atoms with E-state index in [4.69, 9.17) is 5.73 Å². The van der Waals surface area contributed by atoms with Crippen LogP contribution in [0.5, 0.6) is 0 Å². The number of nitrogens with one attached hydrogen (secondary N) is 1. The first-order chi connectivity index (χ1) is 13.1. The second kappa shape index (κ2) is 10.2. The highest BCUT2D eigenvalue weighted by Crippen LogP contribution is 2.19. The summed E-state index contributed by atoms with van der Waals surface area (Å²) in [6, 6.07) is 7.83. The first kappa shape index (κ1) is 21.8. The van der Waals surface area contributed by atoms with Gasteiger partial charge in [-0.15, -0.1) is 17.5 Å². The minimum Gasteiger partial charge on any atom is -0.354 e. The summed E-state index contributed by atoms with van der Waals surface area (Å²) in [6.45, 7) is 3.43. The van der Waals surface area contributed by atoms with Gasteiger partial charge in [0.1, 0.15) is 0 Å². The van der Waals surface area contributed by atoms with Crippen LogP contribution in [0.1, 0.15) is 41.7 Å². The van der Waals surface area contributed by atoms with Crippen molar-refractivity contribution in [2.45, 2.75) is 38.6 Å². The van der Waals surface area contributed by atoms with Crippen molar-refractivity contribution in [2.24, 2.45) is 5.73 Å². The highest BCUT2D eigenvalue weighted by Gasteiger charge is 2.29. The van der Waals surface area contributed by atoms with Gasteiger partial charge in [-0.25, -0.2) is 4.68 Å². The highest BCUT2D eigenvalue weighted by atomic mass is 35.5. The van der Waals surface area contributed by atoms with Gasteiger partial charge in [-0.3, -0.25) is 9.59 Å². The number of amides is 2. The number of halogens is 1. The van der Waals surface area contributed by atoms with E-state index in [1.54, 1.807) is 15.8 Å². The Bertz CT molecular complexity index is 809. The van der Waals surface area contributed by atoms with Crippen molar-refractivity contribution in [1.29, 1.82) is 0 Å². The molecule has 1 aliphatic heterocycles. The summed E-state index contributed by atoms with van der Waals surface area (Å²) in [6.07, 6.45) is 4.81. The van der Waals surface area contributed by atoms with E-state index in [1.807, 2.05) is 31.2 Å². The van der Waals surface area contributed by atoms with Crippen LogP contribution in [0.25, 0.3) is 5.69 Å². The number of piperidine rings is 1. The number of carbonyl (C=O) groups is 2. The van der Waals surface area contributed by atoms with Gasteiger partial charge in [0.25, 0.3) is 5.91 Å². The van der Waals surface area contributed by atoms with E-state index in [0.29, 0.717) is 31.7 Å². The summed E-state index contributed by atoms with van der Waals surface area (Å²) in [5.74, 6) is -0.229. The van der Waals surface area contributed by atoms with Crippen LogP contribution >= 0.6 is 12.4 Å². The number of hydrogen-bond donors (Lipinski definition) is 2. The van der Waals surface area contributed by atoms with Crippen molar-refractivity contribution in [3.63, 3.8) is 0 Å². The summed E-state index contributed by atoms with van der Waals surface area (Å²) in [5.41, 5.74) is 7.70. The topological polar surface area (TPSA) is 106 Å². The molecule has 1 fully saturated rings. The molecule has 1 saturated heterocycles. The van der Waals surface area contributed by atoms with Crippen LogP contribution in [0, 0.1) is 6.92 Å². The zero-order valence-corrected chi connectivity index (χ0v) is 16.8. The Labute approximate surface area is 170 Å². The largest absolute Gasteiger partial charge is 0.354 e. The van der Waals surface area contributed by atoms with Gasteiger partial charge in [-0.1, -0.05) is 17.3 Å². The number of benzene rings is 1. The quantitative estimate of drug-likeness (QED) is 0.755. The molecule has 0 bridgehead atoms. The number of aryl methyl sites for hydroxylation is 1. The molecule has 0 saturated carbocycles. The molecule has 1 unspecified atom stereocenters. The first-order valence-electron chi connectivity index (χ1n) is 9.35. The summed E-state index contributed by atoms with van der Waals surface area (Å²) in [5, 5.41) is 11.0. The highest BCUT2D eigenvalue weighted by molar-refractivity contribution is 5.92. The SMILES string of the molecule is Cc1cccc(-n2cc(C(=O)N3CCCCC3CNC(=O)CCN)nn2)c1.Cl. The molecule has 8 nitrogen and oxygen atoms in total. The number of nitrogens with zero attached hydrogens (tertiary/aromatic N) is 4. The maximum absolute atomic E-state index is 13.0. The van der Waals surface area contributed by atoms with Crippen molar-refractivity contribution in [2.75, 3.05) is 19.6 Å². The van der Waals surface area contributed by atoms with E-state index in [1.165, 1.54) is 0 Å². The normalized spacial score (nSPS) is 16.4. The summed E-state index contributed by atoms with van der Waals surface area (Å²) in [4.78, 5) is 26.5. The fraction of sp³-hybridized carbons (Fsp3) is 0.474. The molecule has 1 aromatic heterocycles. The predicted octanol–water partition coefficient (Wildman–Crippen LogP) is 1.46. The van der Waals surface area contributed by atoms with Gasteiger partial charge >= 0.3 is 0 Å². The second-order valence-corrected chi connectivity index (χ2v) is 6.88.